The van der Waals surface area contributed by atoms with Crippen LogP contribution in [0.5, 0.6) is 0 Å². The van der Waals surface area contributed by atoms with Gasteiger partial charge in [0.15, 0.2) is 0 Å². The van der Waals surface area contributed by atoms with Gasteiger partial charge in [0.2, 0.25) is 5.91 Å². The highest BCUT2D eigenvalue weighted by atomic mass is 16.2. The molecule has 1 aromatic carbocycles. The van der Waals surface area contributed by atoms with Gasteiger partial charge in [0, 0.05) is 20.0 Å². The fourth-order valence-electron chi connectivity index (χ4n) is 2.88. The maximum atomic E-state index is 12.7. The summed E-state index contributed by atoms with van der Waals surface area (Å²) in [5.41, 5.74) is 1.24. The van der Waals surface area contributed by atoms with E-state index in [4.69, 9.17) is 0 Å². The van der Waals surface area contributed by atoms with Gasteiger partial charge < -0.3 is 10.2 Å². The van der Waals surface area contributed by atoms with Crippen LogP contribution in [0.2, 0.25) is 0 Å². The molecule has 0 aliphatic heterocycles. The zero-order valence-electron chi connectivity index (χ0n) is 13.3. The Morgan fingerprint density at radius 3 is 2.36 bits per heavy atom. The first-order valence-corrected chi connectivity index (χ1v) is 7.89. The predicted molar refractivity (Wildman–Crippen MR) is 87.9 cm³/mol. The second-order valence-corrected chi connectivity index (χ2v) is 5.86. The smallest absolute Gasteiger partial charge is 0.270 e. The lowest BCUT2D eigenvalue weighted by atomic mass is 9.94. The molecule has 2 rings (SSSR count). The molecule has 1 saturated carbocycles. The lowest BCUT2D eigenvalue weighted by Gasteiger charge is -2.31. The molecule has 4 nitrogen and oxygen atoms in total. The van der Waals surface area contributed by atoms with Crippen LogP contribution in [0.4, 0.5) is 0 Å². The van der Waals surface area contributed by atoms with E-state index in [0.717, 1.165) is 18.4 Å². The van der Waals surface area contributed by atoms with Crippen LogP contribution in [0, 0.1) is 0 Å². The average Bonchev–Trinajstić information content (AvgIpc) is 2.54. The highest BCUT2D eigenvalue weighted by molar-refractivity contribution is 6.00. The summed E-state index contributed by atoms with van der Waals surface area (Å²) in [6.07, 6.45) is 7.40. The third-order valence-electron chi connectivity index (χ3n) is 4.09. The minimum Gasteiger partial charge on any atom is -0.337 e. The molecule has 1 aliphatic carbocycles. The van der Waals surface area contributed by atoms with Crippen LogP contribution in [0.3, 0.4) is 0 Å². The van der Waals surface area contributed by atoms with Gasteiger partial charge in [0.1, 0.15) is 5.70 Å². The van der Waals surface area contributed by atoms with Crippen molar-refractivity contribution < 1.29 is 9.59 Å². The molecular weight excluding hydrogens is 276 g/mol. The number of nitrogens with one attached hydrogen (secondary N) is 1. The Labute approximate surface area is 132 Å². The van der Waals surface area contributed by atoms with E-state index in [0.29, 0.717) is 5.70 Å². The second-order valence-electron chi connectivity index (χ2n) is 5.86. The molecule has 1 aliphatic rings. The number of amides is 2. The summed E-state index contributed by atoms with van der Waals surface area (Å²) in [6, 6.07) is 9.84. The molecular formula is C18H24N2O2. The quantitative estimate of drug-likeness (QED) is 0.869. The van der Waals surface area contributed by atoms with Crippen molar-refractivity contribution in [2.75, 3.05) is 7.05 Å². The highest BCUT2D eigenvalue weighted by Crippen LogP contribution is 2.22. The molecule has 0 unspecified atom stereocenters. The third-order valence-corrected chi connectivity index (χ3v) is 4.09. The Hall–Kier alpha value is -2.10. The summed E-state index contributed by atoms with van der Waals surface area (Å²) in [5.74, 6) is -0.349. The van der Waals surface area contributed by atoms with Gasteiger partial charge in [-0.05, 0) is 24.5 Å². The fraction of sp³-hybridized carbons (Fsp3) is 0.444. The number of nitrogens with zero attached hydrogens (tertiary/aromatic N) is 1. The average molecular weight is 300 g/mol. The Morgan fingerprint density at radius 1 is 1.14 bits per heavy atom. The molecule has 22 heavy (non-hydrogen) atoms. The van der Waals surface area contributed by atoms with Gasteiger partial charge in [-0.15, -0.1) is 0 Å². The summed E-state index contributed by atoms with van der Waals surface area (Å²) in [5, 5.41) is 2.68. The molecule has 0 spiro atoms. The fourth-order valence-corrected chi connectivity index (χ4v) is 2.88. The van der Waals surface area contributed by atoms with E-state index in [-0.39, 0.29) is 17.9 Å². The topological polar surface area (TPSA) is 49.4 Å². The maximum absolute atomic E-state index is 12.7. The number of carbonyl (C=O) groups is 2. The summed E-state index contributed by atoms with van der Waals surface area (Å²) in [4.78, 5) is 25.9. The van der Waals surface area contributed by atoms with Crippen LogP contribution in [-0.2, 0) is 9.59 Å². The monoisotopic (exact) mass is 300 g/mol. The van der Waals surface area contributed by atoms with Crippen LogP contribution < -0.4 is 5.32 Å². The molecule has 0 heterocycles. The van der Waals surface area contributed by atoms with Crippen LogP contribution in [0.1, 0.15) is 44.6 Å². The van der Waals surface area contributed by atoms with Gasteiger partial charge >= 0.3 is 0 Å². The lowest BCUT2D eigenvalue weighted by Crippen LogP contribution is -2.42. The molecule has 1 fully saturated rings. The van der Waals surface area contributed by atoms with E-state index in [1.807, 2.05) is 37.4 Å². The minimum absolute atomic E-state index is 0.119. The summed E-state index contributed by atoms with van der Waals surface area (Å²) >= 11 is 0. The van der Waals surface area contributed by atoms with E-state index >= 15 is 0 Å². The standard InChI is InChI=1S/C18H24N2O2/c1-14(21)19-17(13-15-9-5-3-6-10-15)18(22)20(2)16-11-7-4-8-12-16/h3,5-6,9-10,13,16H,4,7-8,11-12H2,1-2H3,(H,19,21)/b17-13+. The molecule has 4 heteroatoms. The van der Waals surface area contributed by atoms with Crippen molar-refractivity contribution >= 4 is 17.9 Å². The molecule has 0 bridgehead atoms. The van der Waals surface area contributed by atoms with Gasteiger partial charge in [-0.1, -0.05) is 49.6 Å². The number of rotatable bonds is 4. The summed E-state index contributed by atoms with van der Waals surface area (Å²) in [7, 11) is 1.83. The predicted octanol–water partition coefficient (Wildman–Crippen LogP) is 2.95. The van der Waals surface area contributed by atoms with Crippen molar-refractivity contribution in [2.45, 2.75) is 45.1 Å². The van der Waals surface area contributed by atoms with Gasteiger partial charge in [0.05, 0.1) is 0 Å². The second kappa shape index (κ2) is 7.78. The van der Waals surface area contributed by atoms with Crippen molar-refractivity contribution in [1.29, 1.82) is 0 Å². The normalized spacial score (nSPS) is 16.2. The molecule has 1 N–H and O–H groups in total. The lowest BCUT2D eigenvalue weighted by molar-refractivity contribution is -0.130. The van der Waals surface area contributed by atoms with Crippen molar-refractivity contribution in [1.82, 2.24) is 10.2 Å². The molecule has 0 atom stereocenters. The first-order valence-electron chi connectivity index (χ1n) is 7.89. The van der Waals surface area contributed by atoms with Crippen LogP contribution in [0.25, 0.3) is 6.08 Å². The Bertz CT molecular complexity index is 545. The number of likely N-dealkylation sites (N-methyl/N-ethyl adjacent to an activating group) is 1. The molecule has 0 radical (unpaired) electrons. The Balaban J connectivity index is 2.18. The van der Waals surface area contributed by atoms with E-state index in [1.165, 1.54) is 26.2 Å². The van der Waals surface area contributed by atoms with E-state index in [1.54, 1.807) is 11.0 Å². The largest absolute Gasteiger partial charge is 0.337 e. The molecule has 0 aromatic heterocycles. The summed E-state index contributed by atoms with van der Waals surface area (Å²) in [6.45, 7) is 1.42. The van der Waals surface area contributed by atoms with Gasteiger partial charge in [-0.25, -0.2) is 0 Å². The van der Waals surface area contributed by atoms with Crippen LogP contribution in [0.15, 0.2) is 36.0 Å². The van der Waals surface area contributed by atoms with Gasteiger partial charge in [0.25, 0.3) is 5.91 Å². The van der Waals surface area contributed by atoms with Crippen molar-refractivity contribution in [3.8, 4) is 0 Å². The van der Waals surface area contributed by atoms with E-state index < -0.39 is 0 Å². The number of carbonyl (C=O) groups excluding carboxylic acids is 2. The SMILES string of the molecule is CC(=O)N/C(=C/c1ccccc1)C(=O)N(C)C1CCCCC1. The zero-order chi connectivity index (χ0) is 15.9. The van der Waals surface area contributed by atoms with Crippen molar-refractivity contribution in [3.63, 3.8) is 0 Å². The molecule has 1 aromatic rings. The van der Waals surface area contributed by atoms with Crippen molar-refractivity contribution in [3.05, 3.63) is 41.6 Å². The number of benzene rings is 1. The molecule has 2 amide bonds. The molecule has 0 saturated heterocycles. The minimum atomic E-state index is -0.229. The summed E-state index contributed by atoms with van der Waals surface area (Å²) < 4.78 is 0. The Morgan fingerprint density at radius 2 is 1.77 bits per heavy atom. The third kappa shape index (κ3) is 4.45. The van der Waals surface area contributed by atoms with Crippen molar-refractivity contribution in [2.24, 2.45) is 0 Å². The number of hydrogen-bond donors (Lipinski definition) is 1. The molecule has 118 valence electrons. The van der Waals surface area contributed by atoms with Crippen LogP contribution in [-0.4, -0.2) is 29.8 Å². The van der Waals surface area contributed by atoms with E-state index in [9.17, 15) is 9.59 Å². The van der Waals surface area contributed by atoms with Gasteiger partial charge in [-0.2, -0.15) is 0 Å². The highest BCUT2D eigenvalue weighted by Gasteiger charge is 2.24. The first-order chi connectivity index (χ1) is 10.6. The van der Waals surface area contributed by atoms with E-state index in [2.05, 4.69) is 5.32 Å². The maximum Gasteiger partial charge on any atom is 0.270 e. The van der Waals surface area contributed by atoms with Gasteiger partial charge in [-0.3, -0.25) is 9.59 Å². The first kappa shape index (κ1) is 16.3. The van der Waals surface area contributed by atoms with Crippen LogP contribution >= 0.6 is 0 Å². The number of hydrogen-bond acceptors (Lipinski definition) is 2. The Kier molecular flexibility index (Phi) is 5.75. The zero-order valence-corrected chi connectivity index (χ0v) is 13.3.